The van der Waals surface area contributed by atoms with Gasteiger partial charge in [0.05, 0.1) is 0 Å². The molecule has 0 aliphatic carbocycles. The lowest BCUT2D eigenvalue weighted by molar-refractivity contribution is 0.518. The Balaban J connectivity index is 2.11. The van der Waals surface area contributed by atoms with Crippen LogP contribution in [0.1, 0.15) is 18.7 Å². The molecule has 2 aromatic rings. The summed E-state index contributed by atoms with van der Waals surface area (Å²) in [5.74, 6) is 1.45. The third-order valence-electron chi connectivity index (χ3n) is 1.98. The Kier molecular flexibility index (Phi) is 2.99. The second-order valence-corrected chi connectivity index (χ2v) is 3.46. The maximum Gasteiger partial charge on any atom is 0.198 e. The number of hydrogen-bond acceptors (Lipinski definition) is 3. The monoisotopic (exact) mass is 210 g/mol. The fraction of sp³-hybridized carbons (Fsp3) is 0.400. The number of nitrogens with zero attached hydrogens (tertiary/aromatic N) is 2. The van der Waals surface area contributed by atoms with E-state index in [-0.39, 0.29) is 0 Å². The van der Waals surface area contributed by atoms with Crippen molar-refractivity contribution >= 4 is 22.8 Å². The minimum absolute atomic E-state index is 0.688. The summed E-state index contributed by atoms with van der Waals surface area (Å²) in [6, 6.07) is 3.72. The van der Waals surface area contributed by atoms with Crippen LogP contribution in [0.3, 0.4) is 0 Å². The Morgan fingerprint density at radius 1 is 1.36 bits per heavy atom. The Hall–Kier alpha value is -1.09. The van der Waals surface area contributed by atoms with Crippen LogP contribution in [0.2, 0.25) is 0 Å². The number of fused-ring (bicyclic) bond motifs is 1. The van der Waals surface area contributed by atoms with Crippen LogP contribution in [0.15, 0.2) is 22.7 Å². The van der Waals surface area contributed by atoms with Crippen LogP contribution in [-0.4, -0.2) is 15.8 Å². The topological polar surface area (TPSA) is 38.9 Å². The van der Waals surface area contributed by atoms with Gasteiger partial charge in [-0.3, -0.25) is 0 Å². The van der Waals surface area contributed by atoms with Crippen molar-refractivity contribution in [3.63, 3.8) is 0 Å². The van der Waals surface area contributed by atoms with Gasteiger partial charge in [0.15, 0.2) is 17.1 Å². The van der Waals surface area contributed by atoms with E-state index >= 15 is 0 Å². The zero-order valence-electron chi connectivity index (χ0n) is 7.74. The van der Waals surface area contributed by atoms with Crippen LogP contribution in [0.4, 0.5) is 0 Å². The first-order chi connectivity index (χ1) is 6.90. The number of halogens is 1. The fourth-order valence-electron chi connectivity index (χ4n) is 1.29. The lowest BCUT2D eigenvalue weighted by atomic mass is 10.2. The SMILES string of the molecule is ClCCCCc1nc2ncccc2o1. The van der Waals surface area contributed by atoms with Gasteiger partial charge in [-0.1, -0.05) is 0 Å². The lowest BCUT2D eigenvalue weighted by Gasteiger charge is -1.91. The third-order valence-corrected chi connectivity index (χ3v) is 2.25. The highest BCUT2D eigenvalue weighted by molar-refractivity contribution is 6.17. The third kappa shape index (κ3) is 2.04. The molecule has 14 heavy (non-hydrogen) atoms. The zero-order valence-corrected chi connectivity index (χ0v) is 8.50. The molecule has 0 bridgehead atoms. The molecular weight excluding hydrogens is 200 g/mol. The molecule has 0 aromatic carbocycles. The predicted octanol–water partition coefficient (Wildman–Crippen LogP) is 2.78. The molecule has 3 nitrogen and oxygen atoms in total. The molecule has 0 unspecified atom stereocenters. The van der Waals surface area contributed by atoms with Gasteiger partial charge in [-0.05, 0) is 25.0 Å². The molecule has 4 heteroatoms. The molecule has 0 saturated heterocycles. The number of alkyl halides is 1. The van der Waals surface area contributed by atoms with E-state index in [9.17, 15) is 0 Å². The summed E-state index contributed by atoms with van der Waals surface area (Å²) in [5.41, 5.74) is 1.45. The van der Waals surface area contributed by atoms with E-state index in [1.165, 1.54) is 0 Å². The highest BCUT2D eigenvalue weighted by atomic mass is 35.5. The number of pyridine rings is 1. The minimum Gasteiger partial charge on any atom is -0.439 e. The molecule has 74 valence electrons. The molecule has 0 fully saturated rings. The first-order valence-corrected chi connectivity index (χ1v) is 5.20. The Morgan fingerprint density at radius 3 is 3.07 bits per heavy atom. The van der Waals surface area contributed by atoms with E-state index in [0.717, 1.165) is 30.7 Å². The van der Waals surface area contributed by atoms with Crippen molar-refractivity contribution in [1.29, 1.82) is 0 Å². The van der Waals surface area contributed by atoms with Crippen molar-refractivity contribution in [2.24, 2.45) is 0 Å². The van der Waals surface area contributed by atoms with Crippen molar-refractivity contribution in [3.05, 3.63) is 24.2 Å². The summed E-state index contributed by atoms with van der Waals surface area (Å²) in [7, 11) is 0. The molecule has 0 aliphatic heterocycles. The molecule has 0 radical (unpaired) electrons. The molecule has 0 amide bonds. The molecule has 0 aliphatic rings. The zero-order chi connectivity index (χ0) is 9.80. The second kappa shape index (κ2) is 4.42. The molecule has 2 heterocycles. The molecule has 0 saturated carbocycles. The molecule has 2 rings (SSSR count). The van der Waals surface area contributed by atoms with Gasteiger partial charge in [-0.15, -0.1) is 11.6 Å². The number of rotatable bonds is 4. The fourth-order valence-corrected chi connectivity index (χ4v) is 1.48. The van der Waals surface area contributed by atoms with E-state index in [0.29, 0.717) is 11.5 Å². The molecular formula is C10H11ClN2O. The van der Waals surface area contributed by atoms with Gasteiger partial charge in [-0.25, -0.2) is 4.98 Å². The van der Waals surface area contributed by atoms with E-state index in [2.05, 4.69) is 9.97 Å². The molecule has 0 spiro atoms. The van der Waals surface area contributed by atoms with Crippen LogP contribution in [0.5, 0.6) is 0 Å². The summed E-state index contributed by atoms with van der Waals surface area (Å²) in [4.78, 5) is 8.36. The highest BCUT2D eigenvalue weighted by Crippen LogP contribution is 2.13. The van der Waals surface area contributed by atoms with Crippen molar-refractivity contribution < 1.29 is 4.42 Å². The van der Waals surface area contributed by atoms with E-state index in [1.54, 1.807) is 6.20 Å². The van der Waals surface area contributed by atoms with Crippen LogP contribution in [-0.2, 0) is 6.42 Å². The van der Waals surface area contributed by atoms with Gasteiger partial charge in [0.1, 0.15) is 0 Å². The van der Waals surface area contributed by atoms with Gasteiger partial charge >= 0.3 is 0 Å². The molecule has 0 N–H and O–H groups in total. The summed E-state index contributed by atoms with van der Waals surface area (Å²) in [6.45, 7) is 0. The number of aromatic nitrogens is 2. The summed E-state index contributed by atoms with van der Waals surface area (Å²) in [5, 5.41) is 0. The second-order valence-electron chi connectivity index (χ2n) is 3.08. The van der Waals surface area contributed by atoms with Gasteiger partial charge in [0.2, 0.25) is 0 Å². The maximum atomic E-state index is 5.58. The first kappa shape index (κ1) is 9.46. The average molecular weight is 211 g/mol. The Morgan fingerprint density at radius 2 is 2.29 bits per heavy atom. The number of oxazole rings is 1. The normalized spacial score (nSPS) is 10.9. The van der Waals surface area contributed by atoms with Crippen molar-refractivity contribution in [1.82, 2.24) is 9.97 Å². The first-order valence-electron chi connectivity index (χ1n) is 4.66. The van der Waals surface area contributed by atoms with E-state index in [1.807, 2.05) is 12.1 Å². The number of unbranched alkanes of at least 4 members (excludes halogenated alkanes) is 1. The maximum absolute atomic E-state index is 5.58. The van der Waals surface area contributed by atoms with Crippen LogP contribution < -0.4 is 0 Å². The smallest absolute Gasteiger partial charge is 0.198 e. The van der Waals surface area contributed by atoms with Gasteiger partial charge < -0.3 is 4.42 Å². The van der Waals surface area contributed by atoms with Crippen LogP contribution >= 0.6 is 11.6 Å². The number of aryl methyl sites for hydroxylation is 1. The van der Waals surface area contributed by atoms with Crippen LogP contribution in [0, 0.1) is 0 Å². The highest BCUT2D eigenvalue weighted by Gasteiger charge is 2.04. The van der Waals surface area contributed by atoms with Crippen molar-refractivity contribution in [2.45, 2.75) is 19.3 Å². The van der Waals surface area contributed by atoms with E-state index in [4.69, 9.17) is 16.0 Å². The summed E-state index contributed by atoms with van der Waals surface area (Å²) >= 11 is 5.58. The van der Waals surface area contributed by atoms with Gasteiger partial charge in [0.25, 0.3) is 0 Å². The van der Waals surface area contributed by atoms with Crippen molar-refractivity contribution in [2.75, 3.05) is 5.88 Å². The summed E-state index contributed by atoms with van der Waals surface area (Å²) in [6.07, 6.45) is 4.56. The Labute approximate surface area is 87.1 Å². The average Bonchev–Trinajstić information content (AvgIpc) is 2.60. The minimum atomic E-state index is 0.688. The largest absolute Gasteiger partial charge is 0.439 e. The van der Waals surface area contributed by atoms with Crippen molar-refractivity contribution in [3.8, 4) is 0 Å². The Bertz CT molecular complexity index is 380. The number of hydrogen-bond donors (Lipinski definition) is 0. The summed E-state index contributed by atoms with van der Waals surface area (Å²) < 4.78 is 5.50. The quantitative estimate of drug-likeness (QED) is 0.576. The molecule has 0 atom stereocenters. The van der Waals surface area contributed by atoms with E-state index < -0.39 is 0 Å². The standard InChI is InChI=1S/C10H11ClN2O/c11-6-2-1-5-9-13-10-8(14-9)4-3-7-12-10/h3-4,7H,1-2,5-6H2. The lowest BCUT2D eigenvalue weighted by Crippen LogP contribution is -1.85. The molecule has 2 aromatic heterocycles. The van der Waals surface area contributed by atoms with Gasteiger partial charge in [-0.2, -0.15) is 4.98 Å². The van der Waals surface area contributed by atoms with Crippen LogP contribution in [0.25, 0.3) is 11.2 Å². The van der Waals surface area contributed by atoms with Gasteiger partial charge in [0, 0.05) is 18.5 Å². The predicted molar refractivity (Wildman–Crippen MR) is 55.5 cm³/mol.